The summed E-state index contributed by atoms with van der Waals surface area (Å²) < 4.78 is 32.1. The molecule has 1 atom stereocenters. The third-order valence-corrected chi connectivity index (χ3v) is 4.48. The molecule has 172 valence electrons. The largest absolute Gasteiger partial charge is 0.474 e. The summed E-state index contributed by atoms with van der Waals surface area (Å²) in [5, 5.41) is 3.90. The van der Waals surface area contributed by atoms with Gasteiger partial charge in [0.1, 0.15) is 12.3 Å². The zero-order valence-electron chi connectivity index (χ0n) is 18.9. The molecule has 9 heteroatoms. The maximum absolute atomic E-state index is 13.3. The Balaban J connectivity index is 2.12. The Labute approximate surface area is 186 Å². The molecule has 0 aliphatic carbocycles. The number of aromatic nitrogens is 2. The van der Waals surface area contributed by atoms with Crippen molar-refractivity contribution in [2.45, 2.75) is 46.6 Å². The van der Waals surface area contributed by atoms with Gasteiger partial charge in [0.05, 0.1) is 29.7 Å². The summed E-state index contributed by atoms with van der Waals surface area (Å²) in [6.45, 7) is 12.4. The van der Waals surface area contributed by atoms with Gasteiger partial charge in [0.2, 0.25) is 5.88 Å². The molecule has 1 heterocycles. The first-order valence-corrected chi connectivity index (χ1v) is 10.1. The van der Waals surface area contributed by atoms with Gasteiger partial charge in [-0.25, -0.2) is 9.97 Å². The second-order valence-corrected chi connectivity index (χ2v) is 7.48. The van der Waals surface area contributed by atoms with E-state index in [1.54, 1.807) is 43.0 Å². The van der Waals surface area contributed by atoms with Crippen molar-refractivity contribution >= 4 is 17.4 Å². The predicted molar refractivity (Wildman–Crippen MR) is 119 cm³/mol. The minimum Gasteiger partial charge on any atom is -0.474 e. The first kappa shape index (κ1) is 24.9. The lowest BCUT2D eigenvalue weighted by Gasteiger charge is -2.28. The number of hydrogen-bond donors (Lipinski definition) is 0. The number of amides is 1. The van der Waals surface area contributed by atoms with Crippen molar-refractivity contribution in [2.24, 2.45) is 5.16 Å². The molecule has 0 radical (unpaired) electrons. The minimum atomic E-state index is -3.08. The van der Waals surface area contributed by atoms with E-state index in [4.69, 9.17) is 9.57 Å². The first-order valence-electron chi connectivity index (χ1n) is 10.1. The van der Waals surface area contributed by atoms with E-state index in [-0.39, 0.29) is 30.2 Å². The number of benzene rings is 1. The van der Waals surface area contributed by atoms with E-state index in [0.29, 0.717) is 17.7 Å². The van der Waals surface area contributed by atoms with Crippen LogP contribution in [0.4, 0.5) is 8.78 Å². The minimum absolute atomic E-state index is 0.100. The number of carbonyl (C=O) groups is 1. The Morgan fingerprint density at radius 2 is 1.88 bits per heavy atom. The molecule has 0 saturated heterocycles. The molecule has 0 saturated carbocycles. The summed E-state index contributed by atoms with van der Waals surface area (Å²) in [7, 11) is 0. The molecule has 32 heavy (non-hydrogen) atoms. The van der Waals surface area contributed by atoms with Gasteiger partial charge in [-0.05, 0) is 33.8 Å². The van der Waals surface area contributed by atoms with Crippen molar-refractivity contribution in [3.8, 4) is 5.88 Å². The molecule has 2 aromatic rings. The molecule has 0 aliphatic heterocycles. The number of halogens is 2. The summed E-state index contributed by atoms with van der Waals surface area (Å²) in [6.07, 6.45) is 2.12. The predicted octanol–water partition coefficient (Wildman–Crippen LogP) is 4.90. The zero-order chi connectivity index (χ0) is 23.9. The molecule has 2 rings (SSSR count). The topological polar surface area (TPSA) is 76.9 Å². The van der Waals surface area contributed by atoms with Gasteiger partial charge in [0.25, 0.3) is 11.8 Å². The van der Waals surface area contributed by atoms with Crippen molar-refractivity contribution in [1.29, 1.82) is 0 Å². The van der Waals surface area contributed by atoms with Crippen molar-refractivity contribution in [3.63, 3.8) is 0 Å². The van der Waals surface area contributed by atoms with E-state index in [1.165, 1.54) is 0 Å². The maximum atomic E-state index is 13.3. The normalized spacial score (nSPS) is 12.0. The fraction of sp³-hybridized carbons (Fsp3) is 0.391. The first-order chi connectivity index (χ1) is 15.0. The number of hydrogen-bond acceptors (Lipinski definition) is 6. The van der Waals surface area contributed by atoms with Crippen LogP contribution in [0.3, 0.4) is 0 Å². The number of ether oxygens (including phenoxy) is 1. The van der Waals surface area contributed by atoms with Crippen LogP contribution in [0.5, 0.6) is 5.88 Å². The summed E-state index contributed by atoms with van der Waals surface area (Å²) in [6, 6.07) is 6.65. The van der Waals surface area contributed by atoms with Gasteiger partial charge < -0.3 is 14.5 Å². The average molecular weight is 446 g/mol. The van der Waals surface area contributed by atoms with E-state index in [0.717, 1.165) is 25.0 Å². The molecular weight excluding hydrogens is 418 g/mol. The standard InChI is InChI=1S/C23H28F2N4O3/c1-7-29(16(4)14-31-21-13-26-20(12-27-21)23(6,24)25)22(30)19-11-9-8-10-18(19)17(5)32-28-15(2)3/h8-13,16H,5,7,14H2,1-4,6H3. The van der Waals surface area contributed by atoms with Crippen LogP contribution in [0.2, 0.25) is 0 Å². The van der Waals surface area contributed by atoms with Gasteiger partial charge in [-0.3, -0.25) is 4.79 Å². The smallest absolute Gasteiger partial charge is 0.288 e. The second kappa shape index (κ2) is 10.8. The lowest BCUT2D eigenvalue weighted by Crippen LogP contribution is -2.42. The highest BCUT2D eigenvalue weighted by Crippen LogP contribution is 2.25. The molecular formula is C23H28F2N4O3. The summed E-state index contributed by atoms with van der Waals surface area (Å²) in [4.78, 5) is 27.8. The van der Waals surface area contributed by atoms with E-state index < -0.39 is 11.6 Å². The number of nitrogens with zero attached hydrogens (tertiary/aromatic N) is 4. The number of rotatable bonds is 10. The van der Waals surface area contributed by atoms with Crippen LogP contribution < -0.4 is 4.74 Å². The van der Waals surface area contributed by atoms with Crippen LogP contribution >= 0.6 is 0 Å². The van der Waals surface area contributed by atoms with Gasteiger partial charge in [-0.2, -0.15) is 8.78 Å². The van der Waals surface area contributed by atoms with Crippen molar-refractivity contribution in [1.82, 2.24) is 14.9 Å². The Bertz CT molecular complexity index is 968. The van der Waals surface area contributed by atoms with Gasteiger partial charge in [0, 0.05) is 19.0 Å². The van der Waals surface area contributed by atoms with Crippen LogP contribution in [0, 0.1) is 0 Å². The molecule has 0 aliphatic rings. The number of carbonyl (C=O) groups excluding carboxylic acids is 1. The van der Waals surface area contributed by atoms with Crippen molar-refractivity contribution in [3.05, 3.63) is 60.1 Å². The quantitative estimate of drug-likeness (QED) is 0.295. The van der Waals surface area contributed by atoms with Gasteiger partial charge in [-0.1, -0.05) is 29.9 Å². The lowest BCUT2D eigenvalue weighted by atomic mass is 10.0. The van der Waals surface area contributed by atoms with E-state index >= 15 is 0 Å². The molecule has 1 aromatic heterocycles. The molecule has 1 amide bonds. The molecule has 1 aromatic carbocycles. The number of likely N-dealkylation sites (N-methyl/N-ethyl adjacent to an activating group) is 1. The van der Waals surface area contributed by atoms with Crippen LogP contribution in [-0.4, -0.2) is 45.7 Å². The molecule has 0 N–H and O–H groups in total. The van der Waals surface area contributed by atoms with Crippen LogP contribution in [0.1, 0.15) is 56.2 Å². The number of oxime groups is 1. The summed E-state index contributed by atoms with van der Waals surface area (Å²) >= 11 is 0. The third kappa shape index (κ3) is 6.57. The molecule has 0 fully saturated rings. The Morgan fingerprint density at radius 3 is 2.41 bits per heavy atom. The second-order valence-electron chi connectivity index (χ2n) is 7.48. The highest BCUT2D eigenvalue weighted by molar-refractivity contribution is 5.98. The van der Waals surface area contributed by atoms with Gasteiger partial charge in [-0.15, -0.1) is 0 Å². The molecule has 7 nitrogen and oxygen atoms in total. The highest BCUT2D eigenvalue weighted by Gasteiger charge is 2.27. The fourth-order valence-electron chi connectivity index (χ4n) is 2.83. The average Bonchev–Trinajstić information content (AvgIpc) is 2.76. The van der Waals surface area contributed by atoms with Gasteiger partial charge in [0.15, 0.2) is 5.76 Å². The lowest BCUT2D eigenvalue weighted by molar-refractivity contribution is 0.0121. The summed E-state index contributed by atoms with van der Waals surface area (Å²) in [5.74, 6) is -2.94. The van der Waals surface area contributed by atoms with Gasteiger partial charge >= 0.3 is 0 Å². The summed E-state index contributed by atoms with van der Waals surface area (Å²) in [5.41, 5.74) is 1.24. The fourth-order valence-corrected chi connectivity index (χ4v) is 2.83. The maximum Gasteiger partial charge on any atom is 0.288 e. The van der Waals surface area contributed by atoms with Crippen LogP contribution in [0.25, 0.3) is 5.76 Å². The molecule has 1 unspecified atom stereocenters. The molecule has 0 spiro atoms. The monoisotopic (exact) mass is 446 g/mol. The zero-order valence-corrected chi connectivity index (χ0v) is 18.9. The third-order valence-electron chi connectivity index (χ3n) is 4.48. The van der Waals surface area contributed by atoms with Crippen LogP contribution in [-0.2, 0) is 10.8 Å². The molecule has 0 bridgehead atoms. The van der Waals surface area contributed by atoms with E-state index in [1.807, 2.05) is 13.8 Å². The van der Waals surface area contributed by atoms with Crippen molar-refractivity contribution in [2.75, 3.05) is 13.2 Å². The SMILES string of the molecule is C=C(ON=C(C)C)c1ccccc1C(=O)N(CC)C(C)COc1cnc(C(C)(F)F)cn1. The Hall–Kier alpha value is -3.36. The number of alkyl halides is 2. The Kier molecular flexibility index (Phi) is 8.40. The van der Waals surface area contributed by atoms with Crippen LogP contribution in [0.15, 0.2) is 48.4 Å². The van der Waals surface area contributed by atoms with E-state index in [2.05, 4.69) is 21.7 Å². The van der Waals surface area contributed by atoms with Crippen molar-refractivity contribution < 1.29 is 23.1 Å². The highest BCUT2D eigenvalue weighted by atomic mass is 19.3. The van der Waals surface area contributed by atoms with E-state index in [9.17, 15) is 13.6 Å². The Morgan fingerprint density at radius 1 is 1.22 bits per heavy atom.